The van der Waals surface area contributed by atoms with Gasteiger partial charge in [-0.3, -0.25) is 9.78 Å². The van der Waals surface area contributed by atoms with E-state index in [0.717, 1.165) is 19.3 Å². The SMILES string of the molecule is CS(=O)(=O)N1CC[C@]2(CCC[C@H](CNC(=O)c3cccnc3)O2)C1.O=C(O)C(F)(F)F. The van der Waals surface area contributed by atoms with E-state index in [9.17, 15) is 26.4 Å². The van der Waals surface area contributed by atoms with Crippen LogP contribution in [0, 0.1) is 0 Å². The first kappa shape index (κ1) is 25.0. The molecule has 0 unspecified atom stereocenters. The topological polar surface area (TPSA) is 126 Å². The number of aromatic nitrogens is 1. The molecule has 9 nitrogen and oxygen atoms in total. The molecule has 3 heterocycles. The number of hydrogen-bond acceptors (Lipinski definition) is 6. The normalized spacial score (nSPS) is 24.3. The van der Waals surface area contributed by atoms with Crippen LogP contribution in [0.1, 0.15) is 36.0 Å². The van der Waals surface area contributed by atoms with Crippen LogP contribution in [0.3, 0.4) is 0 Å². The summed E-state index contributed by atoms with van der Waals surface area (Å²) in [6.07, 6.45) is 2.65. The van der Waals surface area contributed by atoms with Gasteiger partial charge in [-0.05, 0) is 37.8 Å². The lowest BCUT2D eigenvalue weighted by molar-refractivity contribution is -0.192. The average Bonchev–Trinajstić information content (AvgIpc) is 3.10. The van der Waals surface area contributed by atoms with Gasteiger partial charge in [0, 0.05) is 32.0 Å². The zero-order valence-electron chi connectivity index (χ0n) is 16.8. The van der Waals surface area contributed by atoms with Crippen molar-refractivity contribution < 1.29 is 41.0 Å². The Morgan fingerprint density at radius 1 is 1.39 bits per heavy atom. The number of alkyl halides is 3. The highest BCUT2D eigenvalue weighted by atomic mass is 32.2. The molecule has 0 radical (unpaired) electrons. The third-order valence-corrected chi connectivity index (χ3v) is 6.23. The molecule has 2 saturated heterocycles. The largest absolute Gasteiger partial charge is 0.490 e. The number of carboxylic acids is 1. The molecule has 2 aliphatic rings. The van der Waals surface area contributed by atoms with Crippen LogP contribution in [-0.4, -0.2) is 78.5 Å². The molecule has 2 atom stereocenters. The second-order valence-electron chi connectivity index (χ2n) is 7.42. The third-order valence-electron chi connectivity index (χ3n) is 4.98. The summed E-state index contributed by atoms with van der Waals surface area (Å²) < 4.78 is 62.9. The number of ether oxygens (including phenoxy) is 1. The van der Waals surface area contributed by atoms with Crippen LogP contribution < -0.4 is 5.32 Å². The Morgan fingerprint density at radius 2 is 2.06 bits per heavy atom. The maximum absolute atomic E-state index is 12.1. The molecule has 0 aliphatic carbocycles. The van der Waals surface area contributed by atoms with Crippen LogP contribution in [0.5, 0.6) is 0 Å². The number of amides is 1. The van der Waals surface area contributed by atoms with E-state index in [0.29, 0.717) is 31.6 Å². The Bertz CT molecular complexity index is 881. The van der Waals surface area contributed by atoms with Crippen molar-refractivity contribution in [1.29, 1.82) is 0 Å². The lowest BCUT2D eigenvalue weighted by Gasteiger charge is -2.38. The third kappa shape index (κ3) is 7.43. The van der Waals surface area contributed by atoms with Gasteiger partial charge in [0.1, 0.15) is 0 Å². The maximum atomic E-state index is 12.1. The minimum Gasteiger partial charge on any atom is -0.475 e. The van der Waals surface area contributed by atoms with E-state index < -0.39 is 27.8 Å². The molecule has 1 spiro atoms. The second-order valence-corrected chi connectivity index (χ2v) is 9.40. The first-order valence-corrected chi connectivity index (χ1v) is 11.3. The summed E-state index contributed by atoms with van der Waals surface area (Å²) in [5, 5.41) is 10.0. The standard InChI is InChI=1S/C16H23N3O4S.C2HF3O2/c1-24(21,22)19-9-7-16(12-19)6-2-5-14(23-16)11-18-15(20)13-4-3-8-17-10-13;3-2(4,5)1(6)7/h3-4,8,10,14H,2,5-7,9,11-12H2,1H3,(H,18,20);(H,6,7)/t14-,16-;/m1./s1. The van der Waals surface area contributed by atoms with Crippen molar-refractivity contribution in [3.8, 4) is 0 Å². The van der Waals surface area contributed by atoms with Crippen molar-refractivity contribution in [3.05, 3.63) is 30.1 Å². The van der Waals surface area contributed by atoms with Gasteiger partial charge >= 0.3 is 12.1 Å². The van der Waals surface area contributed by atoms with Gasteiger partial charge in [0.25, 0.3) is 5.91 Å². The van der Waals surface area contributed by atoms with E-state index >= 15 is 0 Å². The van der Waals surface area contributed by atoms with E-state index in [-0.39, 0.29) is 12.0 Å². The van der Waals surface area contributed by atoms with Gasteiger partial charge in [0.05, 0.1) is 23.5 Å². The van der Waals surface area contributed by atoms with E-state index in [1.54, 1.807) is 18.3 Å². The smallest absolute Gasteiger partial charge is 0.475 e. The number of pyridine rings is 1. The van der Waals surface area contributed by atoms with Crippen LogP contribution >= 0.6 is 0 Å². The highest BCUT2D eigenvalue weighted by Gasteiger charge is 2.45. The number of aliphatic carboxylic acids is 1. The first-order valence-electron chi connectivity index (χ1n) is 9.44. The van der Waals surface area contributed by atoms with Gasteiger partial charge in [0.2, 0.25) is 10.0 Å². The molecule has 174 valence electrons. The fourth-order valence-corrected chi connectivity index (χ4v) is 4.36. The lowest BCUT2D eigenvalue weighted by Crippen LogP contribution is -2.47. The fourth-order valence-electron chi connectivity index (χ4n) is 3.46. The van der Waals surface area contributed by atoms with Gasteiger partial charge in [-0.2, -0.15) is 17.5 Å². The molecule has 2 N–H and O–H groups in total. The quantitative estimate of drug-likeness (QED) is 0.686. The van der Waals surface area contributed by atoms with Crippen molar-refractivity contribution in [2.24, 2.45) is 0 Å². The molecule has 1 amide bonds. The van der Waals surface area contributed by atoms with Crippen LogP contribution in [0.15, 0.2) is 24.5 Å². The summed E-state index contributed by atoms with van der Waals surface area (Å²) in [7, 11) is -3.18. The number of rotatable bonds is 4. The summed E-state index contributed by atoms with van der Waals surface area (Å²) in [5.74, 6) is -2.93. The van der Waals surface area contributed by atoms with Crippen molar-refractivity contribution in [2.75, 3.05) is 25.9 Å². The monoisotopic (exact) mass is 467 g/mol. The number of sulfonamides is 1. The molecule has 0 bridgehead atoms. The van der Waals surface area contributed by atoms with Crippen molar-refractivity contribution >= 4 is 21.9 Å². The Morgan fingerprint density at radius 3 is 2.58 bits per heavy atom. The highest BCUT2D eigenvalue weighted by Crippen LogP contribution is 2.37. The van der Waals surface area contributed by atoms with Crippen molar-refractivity contribution in [2.45, 2.75) is 43.6 Å². The van der Waals surface area contributed by atoms with Crippen LogP contribution in [-0.2, 0) is 19.6 Å². The number of nitrogens with one attached hydrogen (secondary N) is 1. The van der Waals surface area contributed by atoms with Gasteiger partial charge in [-0.15, -0.1) is 0 Å². The van der Waals surface area contributed by atoms with Crippen LogP contribution in [0.25, 0.3) is 0 Å². The highest BCUT2D eigenvalue weighted by molar-refractivity contribution is 7.88. The van der Waals surface area contributed by atoms with Gasteiger partial charge in [0.15, 0.2) is 0 Å². The zero-order valence-corrected chi connectivity index (χ0v) is 17.6. The van der Waals surface area contributed by atoms with Crippen LogP contribution in [0.4, 0.5) is 13.2 Å². The molecule has 0 aromatic carbocycles. The van der Waals surface area contributed by atoms with Gasteiger partial charge in [-0.25, -0.2) is 13.2 Å². The van der Waals surface area contributed by atoms with Crippen molar-refractivity contribution in [1.82, 2.24) is 14.6 Å². The number of nitrogens with zero attached hydrogens (tertiary/aromatic N) is 2. The molecule has 13 heteroatoms. The Labute approximate surface area is 177 Å². The minimum absolute atomic E-state index is 0.0844. The molecule has 1 aromatic heterocycles. The summed E-state index contributed by atoms with van der Waals surface area (Å²) in [6.45, 7) is 1.35. The summed E-state index contributed by atoms with van der Waals surface area (Å²) >= 11 is 0. The van der Waals surface area contributed by atoms with E-state index in [2.05, 4.69) is 10.3 Å². The van der Waals surface area contributed by atoms with E-state index in [1.165, 1.54) is 16.8 Å². The number of carboxylic acid groups (broad SMARTS) is 1. The number of hydrogen-bond donors (Lipinski definition) is 2. The molecule has 2 fully saturated rings. The summed E-state index contributed by atoms with van der Waals surface area (Å²) in [5.41, 5.74) is 0.123. The Kier molecular flexibility index (Phi) is 8.00. The fraction of sp³-hybridized carbons (Fsp3) is 0.611. The molecule has 0 saturated carbocycles. The molecule has 31 heavy (non-hydrogen) atoms. The average molecular weight is 467 g/mol. The molecule has 1 aromatic rings. The number of carbonyl (C=O) groups excluding carboxylic acids is 1. The second kappa shape index (κ2) is 9.92. The molecular weight excluding hydrogens is 443 g/mol. The van der Waals surface area contributed by atoms with Gasteiger partial charge < -0.3 is 15.2 Å². The van der Waals surface area contributed by atoms with E-state index in [4.69, 9.17) is 14.6 Å². The summed E-state index contributed by atoms with van der Waals surface area (Å²) in [4.78, 5) is 24.9. The predicted molar refractivity (Wildman–Crippen MR) is 103 cm³/mol. The molecule has 2 aliphatic heterocycles. The molecule has 3 rings (SSSR count). The zero-order chi connectivity index (χ0) is 23.3. The number of carbonyl (C=O) groups is 2. The predicted octanol–water partition coefficient (Wildman–Crippen LogP) is 1.42. The van der Waals surface area contributed by atoms with E-state index in [1.807, 2.05) is 0 Å². The Hall–Kier alpha value is -2.25. The van der Waals surface area contributed by atoms with Gasteiger partial charge in [-0.1, -0.05) is 0 Å². The minimum atomic E-state index is -5.08. The maximum Gasteiger partial charge on any atom is 0.490 e. The lowest BCUT2D eigenvalue weighted by atomic mass is 9.90. The first-order chi connectivity index (χ1) is 14.3. The molecular formula is C18H24F3N3O6S. The number of halogens is 3. The van der Waals surface area contributed by atoms with Crippen molar-refractivity contribution in [3.63, 3.8) is 0 Å². The summed E-state index contributed by atoms with van der Waals surface area (Å²) in [6, 6.07) is 3.44. The Balaban J connectivity index is 0.000000423. The van der Waals surface area contributed by atoms with Crippen LogP contribution in [0.2, 0.25) is 0 Å².